The minimum absolute atomic E-state index is 0.167. The topological polar surface area (TPSA) is 21.3 Å². The van der Waals surface area contributed by atoms with Crippen molar-refractivity contribution < 1.29 is 17.9 Å². The minimum atomic E-state index is -4.21. The van der Waals surface area contributed by atoms with Crippen molar-refractivity contribution >= 4 is 0 Å². The normalized spacial score (nSPS) is 19.3. The van der Waals surface area contributed by atoms with Crippen LogP contribution in [0.3, 0.4) is 0 Å². The molecule has 0 radical (unpaired) electrons. The van der Waals surface area contributed by atoms with Crippen LogP contribution in [0.2, 0.25) is 0 Å². The Hall–Kier alpha value is -0.290. The molecular formula is C13H24F3NO. The van der Waals surface area contributed by atoms with Crippen molar-refractivity contribution in [3.8, 4) is 0 Å². The highest BCUT2D eigenvalue weighted by Crippen LogP contribution is 2.40. The average Bonchev–Trinajstić information content (AvgIpc) is 2.73. The summed E-state index contributed by atoms with van der Waals surface area (Å²) in [5.41, 5.74) is 0.167. The van der Waals surface area contributed by atoms with E-state index in [1.807, 2.05) is 0 Å². The Morgan fingerprint density at radius 2 is 1.89 bits per heavy atom. The fourth-order valence-corrected chi connectivity index (χ4v) is 2.65. The molecule has 0 spiro atoms. The van der Waals surface area contributed by atoms with E-state index in [1.54, 1.807) is 0 Å². The highest BCUT2D eigenvalue weighted by Gasteiger charge is 2.34. The van der Waals surface area contributed by atoms with Crippen LogP contribution < -0.4 is 5.32 Å². The average molecular weight is 267 g/mol. The Bertz CT molecular complexity index is 225. The summed E-state index contributed by atoms with van der Waals surface area (Å²) in [4.78, 5) is 0. The maximum Gasteiger partial charge on any atom is 0.411 e. The molecule has 1 N–H and O–H groups in total. The molecule has 0 bridgehead atoms. The molecule has 2 nitrogen and oxygen atoms in total. The molecule has 5 heteroatoms. The summed E-state index contributed by atoms with van der Waals surface area (Å²) >= 11 is 0. The number of ether oxygens (including phenoxy) is 1. The van der Waals surface area contributed by atoms with Gasteiger partial charge < -0.3 is 10.1 Å². The molecule has 0 amide bonds. The van der Waals surface area contributed by atoms with E-state index in [9.17, 15) is 13.2 Å². The molecule has 0 aromatic rings. The van der Waals surface area contributed by atoms with E-state index in [0.717, 1.165) is 38.8 Å². The Balaban J connectivity index is 2.25. The third-order valence-corrected chi connectivity index (χ3v) is 3.63. The monoisotopic (exact) mass is 267 g/mol. The molecule has 1 saturated carbocycles. The minimum Gasteiger partial charge on any atom is -0.372 e. The van der Waals surface area contributed by atoms with Crippen LogP contribution in [0, 0.1) is 5.41 Å². The molecule has 1 fully saturated rings. The quantitative estimate of drug-likeness (QED) is 0.679. The fourth-order valence-electron chi connectivity index (χ4n) is 2.65. The van der Waals surface area contributed by atoms with E-state index in [1.165, 1.54) is 12.8 Å². The second kappa shape index (κ2) is 7.34. The van der Waals surface area contributed by atoms with E-state index < -0.39 is 12.8 Å². The molecule has 0 saturated heterocycles. The largest absolute Gasteiger partial charge is 0.411 e. The van der Waals surface area contributed by atoms with Gasteiger partial charge in [0, 0.05) is 13.2 Å². The zero-order valence-electron chi connectivity index (χ0n) is 11.1. The lowest BCUT2D eigenvalue weighted by Gasteiger charge is -2.29. The van der Waals surface area contributed by atoms with Crippen LogP contribution in [-0.2, 0) is 4.74 Å². The van der Waals surface area contributed by atoms with Crippen LogP contribution in [0.25, 0.3) is 0 Å². The van der Waals surface area contributed by atoms with Gasteiger partial charge in [-0.05, 0) is 37.6 Å². The zero-order valence-corrected chi connectivity index (χ0v) is 11.1. The number of alkyl halides is 3. The van der Waals surface area contributed by atoms with Gasteiger partial charge in [0.1, 0.15) is 6.61 Å². The molecule has 0 aliphatic heterocycles. The summed E-state index contributed by atoms with van der Waals surface area (Å²) in [5.74, 6) is 0. The van der Waals surface area contributed by atoms with Gasteiger partial charge in [-0.3, -0.25) is 0 Å². The molecular weight excluding hydrogens is 243 g/mol. The first-order chi connectivity index (χ1) is 8.47. The van der Waals surface area contributed by atoms with E-state index in [2.05, 4.69) is 12.2 Å². The second-order valence-electron chi connectivity index (χ2n) is 5.30. The molecule has 1 aliphatic carbocycles. The van der Waals surface area contributed by atoms with Gasteiger partial charge in [0.2, 0.25) is 0 Å². The summed E-state index contributed by atoms with van der Waals surface area (Å²) < 4.78 is 40.6. The van der Waals surface area contributed by atoms with E-state index in [0.29, 0.717) is 0 Å². The molecule has 0 aromatic heterocycles. The lowest BCUT2D eigenvalue weighted by atomic mass is 9.83. The van der Waals surface area contributed by atoms with Crippen molar-refractivity contribution in [1.29, 1.82) is 0 Å². The number of halogens is 3. The van der Waals surface area contributed by atoms with Gasteiger partial charge in [-0.25, -0.2) is 0 Å². The third kappa shape index (κ3) is 6.05. The molecule has 1 aliphatic rings. The molecule has 0 heterocycles. The predicted molar refractivity (Wildman–Crippen MR) is 65.6 cm³/mol. The van der Waals surface area contributed by atoms with Crippen LogP contribution in [0.4, 0.5) is 13.2 Å². The summed E-state index contributed by atoms with van der Waals surface area (Å²) in [6.45, 7) is 3.10. The number of rotatable bonds is 8. The van der Waals surface area contributed by atoms with Crippen LogP contribution in [0.15, 0.2) is 0 Å². The first kappa shape index (κ1) is 15.8. The van der Waals surface area contributed by atoms with Gasteiger partial charge in [0.25, 0.3) is 0 Å². The van der Waals surface area contributed by atoms with Gasteiger partial charge in [-0.2, -0.15) is 13.2 Å². The molecule has 0 aromatic carbocycles. The van der Waals surface area contributed by atoms with Crippen LogP contribution in [-0.4, -0.2) is 32.5 Å². The Labute approximate surface area is 107 Å². The first-order valence-electron chi connectivity index (χ1n) is 6.83. The SMILES string of the molecule is CCCNCC1(CCOCC(F)(F)F)CCCC1. The van der Waals surface area contributed by atoms with Gasteiger partial charge >= 0.3 is 6.18 Å². The standard InChI is InChI=1S/C13H24F3NO/c1-2-8-17-10-12(5-3-4-6-12)7-9-18-11-13(14,15)16/h17H,2-11H2,1H3. The third-order valence-electron chi connectivity index (χ3n) is 3.63. The van der Waals surface area contributed by atoms with Gasteiger partial charge in [0.15, 0.2) is 0 Å². The zero-order chi connectivity index (χ0) is 13.5. The maximum atomic E-state index is 12.0. The van der Waals surface area contributed by atoms with Gasteiger partial charge in [0.05, 0.1) is 0 Å². The molecule has 108 valence electrons. The first-order valence-corrected chi connectivity index (χ1v) is 6.83. The smallest absolute Gasteiger partial charge is 0.372 e. The second-order valence-corrected chi connectivity index (χ2v) is 5.30. The predicted octanol–water partition coefficient (Wildman–Crippen LogP) is 3.52. The molecule has 0 unspecified atom stereocenters. The number of nitrogens with one attached hydrogen (secondary N) is 1. The highest BCUT2D eigenvalue weighted by atomic mass is 19.4. The Morgan fingerprint density at radius 1 is 1.22 bits per heavy atom. The van der Waals surface area contributed by atoms with Crippen LogP contribution in [0.5, 0.6) is 0 Å². The summed E-state index contributed by atoms with van der Waals surface area (Å²) in [6.07, 6.45) is 2.21. The fraction of sp³-hybridized carbons (Fsp3) is 1.00. The van der Waals surface area contributed by atoms with Crippen molar-refractivity contribution in [2.45, 2.75) is 51.6 Å². The van der Waals surface area contributed by atoms with Gasteiger partial charge in [-0.1, -0.05) is 19.8 Å². The lowest BCUT2D eigenvalue weighted by Crippen LogP contribution is -2.34. The van der Waals surface area contributed by atoms with Gasteiger partial charge in [-0.15, -0.1) is 0 Å². The number of hydrogen-bond donors (Lipinski definition) is 1. The summed E-state index contributed by atoms with van der Waals surface area (Å²) in [6, 6.07) is 0. The Kier molecular flexibility index (Phi) is 6.43. The van der Waals surface area contributed by atoms with Crippen LogP contribution >= 0.6 is 0 Å². The van der Waals surface area contributed by atoms with Crippen molar-refractivity contribution in [2.24, 2.45) is 5.41 Å². The lowest BCUT2D eigenvalue weighted by molar-refractivity contribution is -0.175. The molecule has 18 heavy (non-hydrogen) atoms. The van der Waals surface area contributed by atoms with E-state index in [-0.39, 0.29) is 12.0 Å². The van der Waals surface area contributed by atoms with Crippen molar-refractivity contribution in [3.05, 3.63) is 0 Å². The van der Waals surface area contributed by atoms with Crippen molar-refractivity contribution in [1.82, 2.24) is 5.32 Å². The van der Waals surface area contributed by atoms with E-state index in [4.69, 9.17) is 4.74 Å². The maximum absolute atomic E-state index is 12.0. The molecule has 0 atom stereocenters. The molecule has 1 rings (SSSR count). The van der Waals surface area contributed by atoms with Crippen molar-refractivity contribution in [2.75, 3.05) is 26.3 Å². The van der Waals surface area contributed by atoms with Crippen molar-refractivity contribution in [3.63, 3.8) is 0 Å². The summed E-state index contributed by atoms with van der Waals surface area (Å²) in [5, 5.41) is 3.40. The van der Waals surface area contributed by atoms with E-state index >= 15 is 0 Å². The number of hydrogen-bond acceptors (Lipinski definition) is 2. The van der Waals surface area contributed by atoms with Crippen LogP contribution in [0.1, 0.15) is 45.4 Å². The Morgan fingerprint density at radius 3 is 2.44 bits per heavy atom. The highest BCUT2D eigenvalue weighted by molar-refractivity contribution is 4.86. The summed E-state index contributed by atoms with van der Waals surface area (Å²) in [7, 11) is 0.